The zero-order valence-corrected chi connectivity index (χ0v) is 10.3. The molecule has 0 aliphatic carbocycles. The normalized spacial score (nSPS) is 13.4. The van der Waals surface area contributed by atoms with Crippen LogP contribution in [0.1, 0.15) is 16.1 Å². The van der Waals surface area contributed by atoms with Gasteiger partial charge in [-0.2, -0.15) is 0 Å². The van der Waals surface area contributed by atoms with Crippen LogP contribution in [0.4, 0.5) is 17.2 Å². The lowest BCUT2D eigenvalue weighted by atomic mass is 10.2. The van der Waals surface area contributed by atoms with Gasteiger partial charge in [0.2, 0.25) is 0 Å². The van der Waals surface area contributed by atoms with E-state index in [4.69, 9.17) is 0 Å². The van der Waals surface area contributed by atoms with Gasteiger partial charge in [0.05, 0.1) is 16.9 Å². The third kappa shape index (κ3) is 1.54. The van der Waals surface area contributed by atoms with Gasteiger partial charge in [0, 0.05) is 12.7 Å². The first-order chi connectivity index (χ1) is 8.66. The van der Waals surface area contributed by atoms with Gasteiger partial charge in [0.25, 0.3) is 5.91 Å². The molecule has 2 heterocycles. The van der Waals surface area contributed by atoms with Gasteiger partial charge in [-0.15, -0.1) is 0 Å². The highest BCUT2D eigenvalue weighted by atomic mass is 16.2. The highest BCUT2D eigenvalue weighted by Crippen LogP contribution is 2.33. The number of para-hydroxylation sites is 2. The van der Waals surface area contributed by atoms with Crippen molar-refractivity contribution < 1.29 is 4.79 Å². The minimum Gasteiger partial charge on any atom is -0.338 e. The second-order valence-corrected chi connectivity index (χ2v) is 4.36. The fraction of sp³-hybridized carbons (Fsp3) is 0.143. The molecule has 1 aliphatic heterocycles. The van der Waals surface area contributed by atoms with Crippen LogP contribution in [-0.2, 0) is 0 Å². The van der Waals surface area contributed by atoms with Crippen molar-refractivity contribution in [3.63, 3.8) is 0 Å². The van der Waals surface area contributed by atoms with Crippen molar-refractivity contribution in [2.45, 2.75) is 6.92 Å². The average Bonchev–Trinajstić information content (AvgIpc) is 2.47. The van der Waals surface area contributed by atoms with E-state index in [-0.39, 0.29) is 5.91 Å². The van der Waals surface area contributed by atoms with Gasteiger partial charge in [-0.1, -0.05) is 12.1 Å². The maximum absolute atomic E-state index is 12.4. The number of pyridine rings is 1. The van der Waals surface area contributed by atoms with Crippen molar-refractivity contribution in [3.8, 4) is 0 Å². The summed E-state index contributed by atoms with van der Waals surface area (Å²) in [4.78, 5) is 18.4. The fourth-order valence-corrected chi connectivity index (χ4v) is 2.11. The molecule has 0 unspecified atom stereocenters. The zero-order valence-electron chi connectivity index (χ0n) is 10.3. The minimum atomic E-state index is -0.0463. The molecule has 4 heteroatoms. The summed E-state index contributed by atoms with van der Waals surface area (Å²) in [7, 11) is 1.78. The number of hydrogen-bond acceptors (Lipinski definition) is 3. The number of carbonyl (C=O) groups is 1. The second kappa shape index (κ2) is 3.84. The number of aryl methyl sites for hydroxylation is 1. The Kier molecular flexibility index (Phi) is 2.30. The number of nitrogens with zero attached hydrogens (tertiary/aromatic N) is 2. The maximum Gasteiger partial charge on any atom is 0.261 e. The van der Waals surface area contributed by atoms with E-state index in [0.717, 1.165) is 17.1 Å². The molecule has 0 radical (unpaired) electrons. The second-order valence-electron chi connectivity index (χ2n) is 4.36. The van der Waals surface area contributed by atoms with Gasteiger partial charge in [0.1, 0.15) is 5.82 Å². The Balaban J connectivity index is 2.24. The van der Waals surface area contributed by atoms with E-state index in [1.54, 1.807) is 11.9 Å². The predicted octanol–water partition coefficient (Wildman–Crippen LogP) is 2.72. The van der Waals surface area contributed by atoms with Crippen molar-refractivity contribution in [3.05, 3.63) is 47.7 Å². The standard InChI is InChI=1S/C14H13N3O/c1-9-7-8-10-13(15-9)16-11-5-3-4-6-12(11)17(2)14(10)18/h3-8H,1-2H3,(H,15,16). The van der Waals surface area contributed by atoms with Crippen LogP contribution < -0.4 is 10.2 Å². The van der Waals surface area contributed by atoms with Crippen molar-refractivity contribution in [1.82, 2.24) is 4.98 Å². The first-order valence-electron chi connectivity index (χ1n) is 5.78. The average molecular weight is 239 g/mol. The smallest absolute Gasteiger partial charge is 0.261 e. The van der Waals surface area contributed by atoms with Gasteiger partial charge in [-0.05, 0) is 31.2 Å². The Morgan fingerprint density at radius 1 is 1.17 bits per heavy atom. The highest BCUT2D eigenvalue weighted by Gasteiger charge is 2.24. The van der Waals surface area contributed by atoms with Crippen LogP contribution in [0.25, 0.3) is 0 Å². The predicted molar refractivity (Wildman–Crippen MR) is 71.4 cm³/mol. The lowest BCUT2D eigenvalue weighted by Crippen LogP contribution is -2.25. The van der Waals surface area contributed by atoms with E-state index in [9.17, 15) is 4.79 Å². The first kappa shape index (κ1) is 10.8. The molecule has 1 amide bonds. The monoisotopic (exact) mass is 239 g/mol. The summed E-state index contributed by atoms with van der Waals surface area (Å²) in [5, 5.41) is 3.23. The molecular weight excluding hydrogens is 226 g/mol. The van der Waals surface area contributed by atoms with E-state index in [1.165, 1.54) is 0 Å². The van der Waals surface area contributed by atoms with Crippen molar-refractivity contribution >= 4 is 23.1 Å². The number of anilines is 3. The Morgan fingerprint density at radius 2 is 1.94 bits per heavy atom. The Bertz CT molecular complexity index is 637. The van der Waals surface area contributed by atoms with Gasteiger partial charge in [-0.3, -0.25) is 4.79 Å². The Hall–Kier alpha value is -2.36. The quantitative estimate of drug-likeness (QED) is 0.768. The zero-order chi connectivity index (χ0) is 12.7. The molecule has 0 atom stereocenters. The van der Waals surface area contributed by atoms with Gasteiger partial charge < -0.3 is 10.2 Å². The van der Waals surface area contributed by atoms with Crippen LogP contribution in [0.3, 0.4) is 0 Å². The van der Waals surface area contributed by atoms with Crippen LogP contribution in [0, 0.1) is 6.92 Å². The van der Waals surface area contributed by atoms with Crippen LogP contribution in [0.2, 0.25) is 0 Å². The molecule has 0 saturated heterocycles. The lowest BCUT2D eigenvalue weighted by Gasteiger charge is -2.16. The van der Waals surface area contributed by atoms with E-state index >= 15 is 0 Å². The third-order valence-electron chi connectivity index (χ3n) is 3.09. The topological polar surface area (TPSA) is 45.2 Å². The molecule has 18 heavy (non-hydrogen) atoms. The molecule has 0 spiro atoms. The van der Waals surface area contributed by atoms with Crippen LogP contribution in [-0.4, -0.2) is 17.9 Å². The summed E-state index contributed by atoms with van der Waals surface area (Å²) in [6.45, 7) is 1.91. The van der Waals surface area contributed by atoms with Crippen molar-refractivity contribution in [2.24, 2.45) is 0 Å². The van der Waals surface area contributed by atoms with Gasteiger partial charge in [-0.25, -0.2) is 4.98 Å². The number of aromatic nitrogens is 1. The Labute approximate surface area is 105 Å². The summed E-state index contributed by atoms with van der Waals surface area (Å²) in [6.07, 6.45) is 0. The van der Waals surface area contributed by atoms with Crippen molar-refractivity contribution in [2.75, 3.05) is 17.3 Å². The molecule has 1 aromatic carbocycles. The lowest BCUT2D eigenvalue weighted by molar-refractivity contribution is 0.0994. The van der Waals surface area contributed by atoms with E-state index in [2.05, 4.69) is 10.3 Å². The Morgan fingerprint density at radius 3 is 2.78 bits per heavy atom. The molecule has 1 aliphatic rings. The largest absolute Gasteiger partial charge is 0.338 e. The van der Waals surface area contributed by atoms with Crippen molar-refractivity contribution in [1.29, 1.82) is 0 Å². The van der Waals surface area contributed by atoms with E-state index < -0.39 is 0 Å². The summed E-state index contributed by atoms with van der Waals surface area (Å²) < 4.78 is 0. The molecule has 0 saturated carbocycles. The van der Waals surface area contributed by atoms with E-state index in [1.807, 2.05) is 43.3 Å². The molecule has 4 nitrogen and oxygen atoms in total. The van der Waals surface area contributed by atoms with Crippen LogP contribution >= 0.6 is 0 Å². The number of fused-ring (bicyclic) bond motifs is 2. The highest BCUT2D eigenvalue weighted by molar-refractivity contribution is 6.12. The van der Waals surface area contributed by atoms with Gasteiger partial charge in [0.15, 0.2) is 0 Å². The molecule has 2 aromatic rings. The number of amides is 1. The SMILES string of the molecule is Cc1ccc2c(n1)Nc1ccccc1N(C)C2=O. The summed E-state index contributed by atoms with van der Waals surface area (Å²) in [6, 6.07) is 11.4. The number of benzene rings is 1. The first-order valence-corrected chi connectivity index (χ1v) is 5.78. The van der Waals surface area contributed by atoms with E-state index in [0.29, 0.717) is 11.4 Å². The summed E-state index contributed by atoms with van der Waals surface area (Å²) in [5.74, 6) is 0.576. The van der Waals surface area contributed by atoms with Gasteiger partial charge >= 0.3 is 0 Å². The number of rotatable bonds is 0. The van der Waals surface area contributed by atoms with Crippen LogP contribution in [0.5, 0.6) is 0 Å². The fourth-order valence-electron chi connectivity index (χ4n) is 2.11. The third-order valence-corrected chi connectivity index (χ3v) is 3.09. The molecule has 0 bridgehead atoms. The number of carbonyl (C=O) groups excluding carboxylic acids is 1. The minimum absolute atomic E-state index is 0.0463. The van der Waals surface area contributed by atoms with Crippen LogP contribution in [0.15, 0.2) is 36.4 Å². The molecule has 90 valence electrons. The molecule has 0 fully saturated rings. The molecular formula is C14H13N3O. The number of hydrogen-bond donors (Lipinski definition) is 1. The summed E-state index contributed by atoms with van der Waals surface area (Å²) >= 11 is 0. The summed E-state index contributed by atoms with van der Waals surface area (Å²) in [5.41, 5.74) is 3.23. The number of nitrogens with one attached hydrogen (secondary N) is 1. The maximum atomic E-state index is 12.4. The molecule has 1 aromatic heterocycles. The molecule has 3 rings (SSSR count). The molecule has 1 N–H and O–H groups in total.